The van der Waals surface area contributed by atoms with Gasteiger partial charge in [-0.25, -0.2) is 13.4 Å². The number of allylic oxidation sites excluding steroid dienone is 3. The van der Waals surface area contributed by atoms with Crippen molar-refractivity contribution in [1.29, 1.82) is 5.41 Å². The molecule has 206 valence electrons. The Bertz CT molecular complexity index is 1320. The molecule has 1 amide bonds. The van der Waals surface area contributed by atoms with E-state index in [1.165, 1.54) is 12.1 Å². The van der Waals surface area contributed by atoms with Gasteiger partial charge < -0.3 is 10.2 Å². The molecular weight excluding hydrogens is 524 g/mol. The van der Waals surface area contributed by atoms with Crippen LogP contribution in [0.1, 0.15) is 56.2 Å². The predicted molar refractivity (Wildman–Crippen MR) is 136 cm³/mol. The van der Waals surface area contributed by atoms with Gasteiger partial charge in [-0.1, -0.05) is 38.1 Å². The molecule has 4 rings (SSSR count). The van der Waals surface area contributed by atoms with Gasteiger partial charge in [-0.2, -0.15) is 17.6 Å². The third-order valence-electron chi connectivity index (χ3n) is 7.52. The fourth-order valence-electron chi connectivity index (χ4n) is 5.57. The summed E-state index contributed by atoms with van der Waals surface area (Å²) in [6, 6.07) is 3.81. The lowest BCUT2D eigenvalue weighted by atomic mass is 9.85. The van der Waals surface area contributed by atoms with E-state index in [9.17, 15) is 30.8 Å². The summed E-state index contributed by atoms with van der Waals surface area (Å²) >= 11 is 0. The van der Waals surface area contributed by atoms with Crippen molar-refractivity contribution in [2.45, 2.75) is 51.2 Å². The Morgan fingerprint density at radius 3 is 2.37 bits per heavy atom. The first-order valence-electron chi connectivity index (χ1n) is 12.2. The number of nitrogens with one attached hydrogen (secondary N) is 2. The van der Waals surface area contributed by atoms with Crippen molar-refractivity contribution in [2.24, 2.45) is 16.3 Å². The van der Waals surface area contributed by atoms with E-state index in [0.717, 1.165) is 30.0 Å². The van der Waals surface area contributed by atoms with Gasteiger partial charge in [-0.15, -0.1) is 0 Å². The summed E-state index contributed by atoms with van der Waals surface area (Å²) in [5.41, 5.74) is 2.00. The monoisotopic (exact) mass is 554 g/mol. The van der Waals surface area contributed by atoms with Crippen molar-refractivity contribution in [2.75, 3.05) is 18.6 Å². The number of hydrogen-bond donors (Lipinski definition) is 2. The molecule has 1 aromatic rings. The zero-order valence-electron chi connectivity index (χ0n) is 21.3. The highest BCUT2D eigenvalue weighted by Gasteiger charge is 2.47. The zero-order valence-corrected chi connectivity index (χ0v) is 22.1. The summed E-state index contributed by atoms with van der Waals surface area (Å²) in [6.45, 7) is 4.00. The van der Waals surface area contributed by atoms with E-state index >= 15 is 0 Å². The van der Waals surface area contributed by atoms with Crippen LogP contribution in [0.5, 0.6) is 0 Å². The van der Waals surface area contributed by atoms with Gasteiger partial charge in [0.15, 0.2) is 6.04 Å². The summed E-state index contributed by atoms with van der Waals surface area (Å²) < 4.78 is 79.0. The van der Waals surface area contributed by atoms with Crippen LogP contribution < -0.4 is 5.32 Å². The predicted octanol–water partition coefficient (Wildman–Crippen LogP) is 4.80. The van der Waals surface area contributed by atoms with E-state index in [1.807, 2.05) is 13.8 Å². The van der Waals surface area contributed by atoms with Crippen LogP contribution in [0, 0.1) is 16.7 Å². The van der Waals surface area contributed by atoms with Crippen LogP contribution in [0.2, 0.25) is 0 Å². The summed E-state index contributed by atoms with van der Waals surface area (Å²) in [7, 11) is -2.14. The summed E-state index contributed by atoms with van der Waals surface area (Å²) in [6.07, 6.45) is -1.48. The molecule has 38 heavy (non-hydrogen) atoms. The van der Waals surface area contributed by atoms with Gasteiger partial charge in [0.2, 0.25) is 11.9 Å². The van der Waals surface area contributed by atoms with Crippen molar-refractivity contribution in [3.63, 3.8) is 0 Å². The highest BCUT2D eigenvalue weighted by molar-refractivity contribution is 7.91. The number of rotatable bonds is 5. The molecule has 3 aliphatic rings. The summed E-state index contributed by atoms with van der Waals surface area (Å²) in [5.74, 6) is -2.98. The minimum Gasteiger partial charge on any atom is -0.343 e. The van der Waals surface area contributed by atoms with Gasteiger partial charge in [0, 0.05) is 42.3 Å². The van der Waals surface area contributed by atoms with Gasteiger partial charge in [-0.3, -0.25) is 10.2 Å². The third kappa shape index (κ3) is 5.69. The quantitative estimate of drug-likeness (QED) is 0.403. The molecule has 7 nitrogen and oxygen atoms in total. The highest BCUT2D eigenvalue weighted by atomic mass is 32.2. The average molecular weight is 555 g/mol. The topological polar surface area (TPSA) is 103 Å². The number of hydrogen-bond acceptors (Lipinski definition) is 6. The van der Waals surface area contributed by atoms with Gasteiger partial charge >= 0.3 is 6.18 Å². The molecule has 1 aliphatic carbocycles. The Kier molecular flexibility index (Phi) is 7.32. The number of aliphatic imine (C=N–C) groups is 1. The van der Waals surface area contributed by atoms with Crippen molar-refractivity contribution in [3.05, 3.63) is 58.6 Å². The highest BCUT2D eigenvalue weighted by Crippen LogP contribution is 2.50. The number of carbonyl (C=O) groups excluding carboxylic acids is 1. The molecule has 0 saturated carbocycles. The first-order chi connectivity index (χ1) is 17.6. The van der Waals surface area contributed by atoms with E-state index in [-0.39, 0.29) is 47.1 Å². The maximum absolute atomic E-state index is 14.2. The molecule has 0 unspecified atom stereocenters. The van der Waals surface area contributed by atoms with Gasteiger partial charge in [-0.05, 0) is 36.0 Å². The van der Waals surface area contributed by atoms with Crippen LogP contribution in [-0.4, -0.2) is 56.1 Å². The average Bonchev–Trinajstić information content (AvgIpc) is 3.08. The number of nitrogens with zero attached hydrogens (tertiary/aromatic N) is 2. The van der Waals surface area contributed by atoms with Crippen LogP contribution in [0.15, 0.2) is 52.4 Å². The van der Waals surface area contributed by atoms with E-state index < -0.39 is 39.8 Å². The molecule has 1 fully saturated rings. The minimum atomic E-state index is -4.73. The molecule has 0 spiro atoms. The lowest BCUT2D eigenvalue weighted by molar-refractivity contribution is -0.190. The molecule has 2 atom stereocenters. The van der Waals surface area contributed by atoms with E-state index in [1.54, 1.807) is 18.3 Å². The van der Waals surface area contributed by atoms with Crippen molar-refractivity contribution in [3.8, 4) is 0 Å². The molecule has 2 aliphatic heterocycles. The largest absolute Gasteiger partial charge is 0.413 e. The molecule has 0 bridgehead atoms. The molecule has 0 aromatic heterocycles. The standard InChI is InChI=1S/C26H30F4N4O3S/c1-25(2)13-18(19-14-32-21(12-20(27)31)33-22(19)25)15-4-6-16(7-5-15)23(26(28,29)30)34(3)24(35)17-8-10-38(36,37)11-9-17/h4-7,12,14,17-18,23,31,33H,8-11,13H2,1-3H3/b21-12-,31-20?/t18-,23-/m1/s1. The number of halogens is 4. The Labute approximate surface area is 219 Å². The number of carbonyl (C=O) groups is 1. The van der Waals surface area contributed by atoms with E-state index in [2.05, 4.69) is 10.3 Å². The molecule has 1 saturated heterocycles. The molecule has 0 radical (unpaired) electrons. The normalized spacial score (nSPS) is 24.6. The summed E-state index contributed by atoms with van der Waals surface area (Å²) in [5, 5.41) is 10.1. The molecule has 12 heteroatoms. The molecule has 1 aromatic carbocycles. The second-order valence-corrected chi connectivity index (χ2v) is 13.0. The molecule has 2 heterocycles. The van der Waals surface area contributed by atoms with Crippen molar-refractivity contribution < 1.29 is 30.8 Å². The Hall–Kier alpha value is -3.02. The first kappa shape index (κ1) is 28.0. The van der Waals surface area contributed by atoms with Crippen LogP contribution in [0.25, 0.3) is 0 Å². The lowest BCUT2D eigenvalue weighted by Gasteiger charge is -2.34. The Balaban J connectivity index is 1.58. The smallest absolute Gasteiger partial charge is 0.343 e. The second kappa shape index (κ2) is 9.94. The number of benzene rings is 1. The Morgan fingerprint density at radius 1 is 1.21 bits per heavy atom. The number of sulfone groups is 1. The van der Waals surface area contributed by atoms with E-state index in [0.29, 0.717) is 11.3 Å². The molecular formula is C26H30F4N4O3S. The number of amides is 1. The molecule has 2 N–H and O–H groups in total. The maximum atomic E-state index is 14.2. The van der Waals surface area contributed by atoms with Crippen LogP contribution in [-0.2, 0) is 14.6 Å². The second-order valence-electron chi connectivity index (χ2n) is 10.7. The fourth-order valence-corrected chi connectivity index (χ4v) is 7.06. The van der Waals surface area contributed by atoms with Gasteiger partial charge in [0.25, 0.3) is 0 Å². The van der Waals surface area contributed by atoms with Gasteiger partial charge in [0.1, 0.15) is 15.7 Å². The SMILES string of the molecule is CN(C(=O)C1CCS(=O)(=O)CC1)[C@H](c1ccc([C@H]2CC(C)(C)C3=C2C=N/C(=C/C(=N)F)N3)cc1)C(F)(F)F. The fraction of sp³-hybridized carbons (Fsp3) is 0.500. The maximum Gasteiger partial charge on any atom is 0.413 e. The van der Waals surface area contributed by atoms with Crippen LogP contribution in [0.4, 0.5) is 17.6 Å². The van der Waals surface area contributed by atoms with Crippen LogP contribution in [0.3, 0.4) is 0 Å². The van der Waals surface area contributed by atoms with Crippen molar-refractivity contribution in [1.82, 2.24) is 10.2 Å². The van der Waals surface area contributed by atoms with E-state index in [4.69, 9.17) is 5.41 Å². The number of alkyl halides is 3. The van der Waals surface area contributed by atoms with Crippen molar-refractivity contribution >= 4 is 27.9 Å². The zero-order chi connectivity index (χ0) is 28.0. The first-order valence-corrected chi connectivity index (χ1v) is 14.1. The Morgan fingerprint density at radius 2 is 1.82 bits per heavy atom. The minimum absolute atomic E-state index is 0.0168. The third-order valence-corrected chi connectivity index (χ3v) is 9.23. The van der Waals surface area contributed by atoms with Crippen LogP contribution >= 0.6 is 0 Å². The van der Waals surface area contributed by atoms with Gasteiger partial charge in [0.05, 0.1) is 11.5 Å². The lowest BCUT2D eigenvalue weighted by Crippen LogP contribution is -2.44. The summed E-state index contributed by atoms with van der Waals surface area (Å²) in [4.78, 5) is 17.8.